The number of anilines is 1. The van der Waals surface area contributed by atoms with Crippen LogP contribution in [-0.4, -0.2) is 46.7 Å². The molecule has 5 aromatic carbocycles. The van der Waals surface area contributed by atoms with Gasteiger partial charge < -0.3 is 23.0 Å². The largest absolute Gasteiger partial charge is 0.497 e. The Labute approximate surface area is 385 Å². The van der Waals surface area contributed by atoms with Gasteiger partial charge >= 0.3 is 0 Å². The highest BCUT2D eigenvalue weighted by Crippen LogP contribution is 2.38. The number of benzene rings is 5. The number of alkyl halides is 1. The number of methoxy groups -OCH3 is 2. The Morgan fingerprint density at radius 2 is 1.21 bits per heavy atom. The lowest BCUT2D eigenvalue weighted by atomic mass is 9.84. The van der Waals surface area contributed by atoms with Gasteiger partial charge in [-0.25, -0.2) is 14.9 Å². The average Bonchev–Trinajstić information content (AvgIpc) is 4.06. The molecule has 1 aliphatic heterocycles. The molecule has 7 aromatic rings. The second-order valence-electron chi connectivity index (χ2n) is 15.3. The van der Waals surface area contributed by atoms with Crippen LogP contribution in [0.25, 0.3) is 45.6 Å². The Morgan fingerprint density at radius 1 is 0.667 bits per heavy atom. The quantitative estimate of drug-likeness (QED) is 0.0770. The van der Waals surface area contributed by atoms with Gasteiger partial charge in [0.15, 0.2) is 11.5 Å². The number of aromatic nitrogens is 2. The van der Waals surface area contributed by atoms with Crippen molar-refractivity contribution in [1.82, 2.24) is 9.97 Å². The van der Waals surface area contributed by atoms with Gasteiger partial charge in [0.1, 0.15) is 17.2 Å². The number of carbonyl (C=O) groups excluding carboxylic acids is 2. The Balaban J connectivity index is 0.000000217. The Morgan fingerprint density at radius 3 is 1.78 bits per heavy atom. The molecule has 1 aliphatic carbocycles. The monoisotopic (exact) mass is 973 g/mol. The van der Waals surface area contributed by atoms with E-state index in [1.165, 1.54) is 4.90 Å². The number of thioether (sulfide) groups is 1. The molecule has 12 heteroatoms. The normalized spacial score (nSPS) is 17.3. The molecule has 322 valence electrons. The number of rotatable bonds is 14. The highest BCUT2D eigenvalue weighted by atomic mass is 127. The first-order valence-electron chi connectivity index (χ1n) is 21.1. The zero-order chi connectivity index (χ0) is 43.5. The maximum atomic E-state index is 13.0. The van der Waals surface area contributed by atoms with E-state index in [1.807, 2.05) is 127 Å². The highest BCUT2D eigenvalue weighted by Gasteiger charge is 2.40. The van der Waals surface area contributed by atoms with Gasteiger partial charge in [-0.05, 0) is 80.1 Å². The standard InChI is InChI=1S/C34H34N2O5S.C17H14INO2/c1-39-27-16-9-13-25(21-27)32-35-29(31(41-32)24-11-4-2-5-12-24)22-40-28-17-8-10-23(20-28)18-19-30-33(37)36(34(38)42-30)26-14-6-3-7-15-26;1-20-14-9-5-8-13(10-14)17-19-15(11-18)16(21-17)12-6-3-2-4-7-12/h2-7,9,11-16,21,23,28,30H,8,10,17-20,22H2,1H3;2-10H,11H2,1H3/t23-,28-,30?;/m1./s1. The van der Waals surface area contributed by atoms with Crippen LogP contribution in [0.3, 0.4) is 0 Å². The van der Waals surface area contributed by atoms with Crippen LogP contribution in [0, 0.1) is 5.92 Å². The van der Waals surface area contributed by atoms with Crippen molar-refractivity contribution in [2.24, 2.45) is 5.92 Å². The number of ether oxygens (including phenoxy) is 3. The number of hydrogen-bond acceptors (Lipinski definition) is 10. The zero-order valence-corrected chi connectivity index (χ0v) is 38.1. The fourth-order valence-corrected chi connectivity index (χ4v) is 9.49. The first-order valence-corrected chi connectivity index (χ1v) is 23.5. The second-order valence-corrected chi connectivity index (χ2v) is 17.3. The lowest BCUT2D eigenvalue weighted by Gasteiger charge is -2.29. The summed E-state index contributed by atoms with van der Waals surface area (Å²) in [6.45, 7) is 0.354. The number of oxazole rings is 2. The van der Waals surface area contributed by atoms with Crippen molar-refractivity contribution in [3.05, 3.63) is 151 Å². The molecule has 0 bridgehead atoms. The summed E-state index contributed by atoms with van der Waals surface area (Å²) in [5.74, 6) is 4.59. The third kappa shape index (κ3) is 10.7. The minimum atomic E-state index is -0.322. The summed E-state index contributed by atoms with van der Waals surface area (Å²) in [6, 6.07) is 44.7. The van der Waals surface area contributed by atoms with Crippen molar-refractivity contribution in [2.45, 2.75) is 60.9 Å². The molecule has 0 N–H and O–H groups in total. The van der Waals surface area contributed by atoms with Gasteiger partial charge in [0, 0.05) is 26.7 Å². The number of nitrogens with zero attached hydrogens (tertiary/aromatic N) is 3. The van der Waals surface area contributed by atoms with Gasteiger partial charge in [-0.2, -0.15) is 0 Å². The summed E-state index contributed by atoms with van der Waals surface area (Å²) in [6.07, 6.45) is 5.83. The summed E-state index contributed by atoms with van der Waals surface area (Å²) in [5, 5.41) is -0.506. The summed E-state index contributed by atoms with van der Waals surface area (Å²) in [7, 11) is 3.30. The first-order chi connectivity index (χ1) is 30.9. The SMILES string of the molecule is COc1cccc(-c2nc(CI)c(-c3ccccc3)o2)c1.COc1cccc(-c2nc(CO[C@@H]3CCC[C@H](CCC4SC(=O)N(c5ccccc5)C4=O)C3)c(-c3ccccc3)o2)c1. The number of amides is 2. The van der Waals surface area contributed by atoms with E-state index in [0.717, 1.165) is 99.2 Å². The smallest absolute Gasteiger partial charge is 0.293 e. The van der Waals surface area contributed by atoms with E-state index in [0.29, 0.717) is 42.2 Å². The van der Waals surface area contributed by atoms with Gasteiger partial charge in [-0.1, -0.05) is 138 Å². The number of para-hydroxylation sites is 1. The maximum Gasteiger partial charge on any atom is 0.293 e. The Bertz CT molecular complexity index is 2600. The molecule has 3 atom stereocenters. The summed E-state index contributed by atoms with van der Waals surface area (Å²) < 4.78 is 30.2. The Hall–Kier alpha value is -5.70. The molecule has 0 radical (unpaired) electrons. The molecule has 2 aliphatic rings. The molecule has 1 unspecified atom stereocenters. The fraction of sp³-hybridized carbons (Fsp3) is 0.255. The Kier molecular flexibility index (Phi) is 14.7. The van der Waals surface area contributed by atoms with E-state index in [1.54, 1.807) is 26.4 Å². The van der Waals surface area contributed by atoms with E-state index >= 15 is 0 Å². The van der Waals surface area contributed by atoms with Gasteiger partial charge in [-0.3, -0.25) is 9.59 Å². The minimum Gasteiger partial charge on any atom is -0.497 e. The van der Waals surface area contributed by atoms with Gasteiger partial charge in [0.05, 0.1) is 43.6 Å². The lowest BCUT2D eigenvalue weighted by molar-refractivity contribution is -0.117. The van der Waals surface area contributed by atoms with Crippen molar-refractivity contribution in [1.29, 1.82) is 0 Å². The maximum absolute atomic E-state index is 13.0. The highest BCUT2D eigenvalue weighted by molar-refractivity contribution is 14.1. The first kappa shape index (κ1) is 43.9. The average molecular weight is 974 g/mol. The predicted molar refractivity (Wildman–Crippen MR) is 256 cm³/mol. The van der Waals surface area contributed by atoms with E-state index in [9.17, 15) is 9.59 Å². The number of halogens is 1. The van der Waals surface area contributed by atoms with Crippen LogP contribution in [0.15, 0.2) is 148 Å². The van der Waals surface area contributed by atoms with Crippen molar-refractivity contribution >= 4 is 51.2 Å². The van der Waals surface area contributed by atoms with Crippen LogP contribution < -0.4 is 14.4 Å². The molecule has 63 heavy (non-hydrogen) atoms. The molecular weight excluding hydrogens is 926 g/mol. The van der Waals surface area contributed by atoms with Crippen molar-refractivity contribution in [2.75, 3.05) is 19.1 Å². The van der Waals surface area contributed by atoms with E-state index in [2.05, 4.69) is 27.6 Å². The summed E-state index contributed by atoms with van der Waals surface area (Å²) >= 11 is 3.46. The molecule has 2 aromatic heterocycles. The summed E-state index contributed by atoms with van der Waals surface area (Å²) in [4.78, 5) is 36.4. The third-order valence-corrected chi connectivity index (χ3v) is 13.0. The minimum absolute atomic E-state index is 0.105. The number of carbonyl (C=O) groups is 2. The van der Waals surface area contributed by atoms with Crippen molar-refractivity contribution in [3.8, 4) is 57.1 Å². The van der Waals surface area contributed by atoms with Gasteiger partial charge in [0.25, 0.3) is 5.24 Å². The number of imide groups is 1. The summed E-state index contributed by atoms with van der Waals surface area (Å²) in [5.41, 5.74) is 6.14. The van der Waals surface area contributed by atoms with Gasteiger partial charge in [-0.15, -0.1) is 0 Å². The fourth-order valence-electron chi connectivity index (χ4n) is 7.97. The molecule has 1 saturated heterocycles. The molecular formula is C51H48IN3O7S. The second kappa shape index (κ2) is 21.1. The molecule has 0 spiro atoms. The third-order valence-electron chi connectivity index (χ3n) is 11.2. The van der Waals surface area contributed by atoms with E-state index < -0.39 is 0 Å². The molecule has 1 saturated carbocycles. The molecule has 2 fully saturated rings. The van der Waals surface area contributed by atoms with Crippen LogP contribution in [0.5, 0.6) is 11.5 Å². The van der Waals surface area contributed by atoms with Crippen LogP contribution in [0.1, 0.15) is 49.9 Å². The molecule has 10 nitrogen and oxygen atoms in total. The molecule has 3 heterocycles. The topological polar surface area (TPSA) is 117 Å². The van der Waals surface area contributed by atoms with Crippen molar-refractivity contribution in [3.63, 3.8) is 0 Å². The van der Waals surface area contributed by atoms with E-state index in [4.69, 9.17) is 28.0 Å². The predicted octanol–water partition coefficient (Wildman–Crippen LogP) is 13.1. The van der Waals surface area contributed by atoms with Crippen LogP contribution in [0.4, 0.5) is 10.5 Å². The molecule has 9 rings (SSSR count). The molecule has 2 amide bonds. The van der Waals surface area contributed by atoms with Crippen LogP contribution in [-0.2, 0) is 20.6 Å². The lowest BCUT2D eigenvalue weighted by Crippen LogP contribution is -2.31. The van der Waals surface area contributed by atoms with Gasteiger partial charge in [0.2, 0.25) is 17.7 Å². The van der Waals surface area contributed by atoms with Crippen molar-refractivity contribution < 1.29 is 32.6 Å². The van der Waals surface area contributed by atoms with E-state index in [-0.39, 0.29) is 22.5 Å². The van der Waals surface area contributed by atoms with Crippen LogP contribution in [0.2, 0.25) is 0 Å². The number of hydrogen-bond donors (Lipinski definition) is 0. The van der Waals surface area contributed by atoms with Crippen LogP contribution >= 0.6 is 34.4 Å². The zero-order valence-electron chi connectivity index (χ0n) is 35.2.